The molecule has 1 fully saturated rings. The fourth-order valence-corrected chi connectivity index (χ4v) is 5.45. The molecular formula is C30H38O6Si. The highest BCUT2D eigenvalue weighted by Crippen LogP contribution is 2.31. The zero-order valence-electron chi connectivity index (χ0n) is 21.9. The Balaban J connectivity index is 1.53. The lowest BCUT2D eigenvalue weighted by atomic mass is 9.98. The predicted octanol–water partition coefficient (Wildman–Crippen LogP) is 5.31. The van der Waals surface area contributed by atoms with Crippen molar-refractivity contribution in [1.82, 2.24) is 0 Å². The summed E-state index contributed by atoms with van der Waals surface area (Å²) in [6, 6.07) is 29.8. The second-order valence-corrected chi connectivity index (χ2v) is 14.7. The summed E-state index contributed by atoms with van der Waals surface area (Å²) in [6.45, 7) is 7.80. The zero-order chi connectivity index (χ0) is 26.1. The summed E-state index contributed by atoms with van der Waals surface area (Å²) in [4.78, 5) is 0. The second-order valence-electron chi connectivity index (χ2n) is 10.3. The monoisotopic (exact) mass is 522 g/mol. The van der Waals surface area contributed by atoms with Crippen LogP contribution in [0.2, 0.25) is 19.6 Å². The van der Waals surface area contributed by atoms with Gasteiger partial charge in [-0.2, -0.15) is 0 Å². The summed E-state index contributed by atoms with van der Waals surface area (Å²) in [6.07, 6.45) is -3.44. The minimum Gasteiger partial charge on any atom is -0.409 e. The molecule has 4 rings (SSSR count). The normalized spacial score (nSPS) is 24.2. The molecule has 6 nitrogen and oxygen atoms in total. The molecule has 0 spiro atoms. The number of hydrogen-bond acceptors (Lipinski definition) is 6. The van der Waals surface area contributed by atoms with Crippen LogP contribution in [0.25, 0.3) is 0 Å². The van der Waals surface area contributed by atoms with Gasteiger partial charge in [0.05, 0.1) is 26.4 Å². The molecule has 1 saturated heterocycles. The van der Waals surface area contributed by atoms with Gasteiger partial charge in [-0.25, -0.2) is 0 Å². The first-order valence-electron chi connectivity index (χ1n) is 12.8. The second kappa shape index (κ2) is 13.4. The van der Waals surface area contributed by atoms with E-state index in [0.29, 0.717) is 19.8 Å². The van der Waals surface area contributed by atoms with Gasteiger partial charge in [0.15, 0.2) is 14.6 Å². The summed E-state index contributed by atoms with van der Waals surface area (Å²) in [5.74, 6) is 0. The van der Waals surface area contributed by atoms with Crippen molar-refractivity contribution in [3.63, 3.8) is 0 Å². The van der Waals surface area contributed by atoms with E-state index in [2.05, 4.69) is 19.6 Å². The van der Waals surface area contributed by atoms with Gasteiger partial charge in [0.1, 0.15) is 24.4 Å². The van der Waals surface area contributed by atoms with Gasteiger partial charge < -0.3 is 28.5 Å². The maximum atomic E-state index is 11.1. The first-order chi connectivity index (χ1) is 17.9. The highest BCUT2D eigenvalue weighted by Gasteiger charge is 2.49. The third-order valence-electron chi connectivity index (χ3n) is 6.06. The Bertz CT molecular complexity index is 1040. The smallest absolute Gasteiger partial charge is 0.184 e. The topological polar surface area (TPSA) is 66.4 Å². The number of hydrogen-bond donors (Lipinski definition) is 1. The average molecular weight is 523 g/mol. The molecular weight excluding hydrogens is 484 g/mol. The average Bonchev–Trinajstić information content (AvgIpc) is 2.89. The zero-order valence-corrected chi connectivity index (χ0v) is 22.9. The molecule has 0 amide bonds. The molecule has 1 aliphatic heterocycles. The molecule has 0 saturated carbocycles. The summed E-state index contributed by atoms with van der Waals surface area (Å²) >= 11 is 0. The van der Waals surface area contributed by atoms with Crippen LogP contribution in [0.1, 0.15) is 16.7 Å². The summed E-state index contributed by atoms with van der Waals surface area (Å²) in [7, 11) is -2.03. The number of ether oxygens (including phenoxy) is 4. The minimum atomic E-state index is -2.03. The Morgan fingerprint density at radius 2 is 1.11 bits per heavy atom. The molecule has 3 aromatic carbocycles. The van der Waals surface area contributed by atoms with Crippen molar-refractivity contribution in [3.8, 4) is 0 Å². The van der Waals surface area contributed by atoms with Gasteiger partial charge >= 0.3 is 0 Å². The third-order valence-corrected chi connectivity index (χ3v) is 7.04. The standard InChI is InChI=1S/C30H38O6Si/c1-37(2,3)36-27-26(22-32-19-23-13-7-4-8-14-23)35-30(31)29(34-21-25-17-11-6-12-18-25)28(27)33-20-24-15-9-5-10-16-24/h4-18,26-31H,19-22H2,1-3H3/t26-,27-,28+,29-,30+/m1/s1. The number of aliphatic hydroxyl groups is 1. The lowest BCUT2D eigenvalue weighted by Crippen LogP contribution is -2.62. The van der Waals surface area contributed by atoms with Gasteiger partial charge in [-0.15, -0.1) is 0 Å². The first kappa shape index (κ1) is 27.7. The molecule has 1 aliphatic rings. The molecule has 198 valence electrons. The van der Waals surface area contributed by atoms with Crippen molar-refractivity contribution >= 4 is 8.32 Å². The van der Waals surface area contributed by atoms with Gasteiger partial charge in [-0.05, 0) is 36.3 Å². The summed E-state index contributed by atoms with van der Waals surface area (Å²) < 4.78 is 31.5. The van der Waals surface area contributed by atoms with Crippen LogP contribution in [-0.2, 0) is 43.2 Å². The fourth-order valence-electron chi connectivity index (χ4n) is 4.35. The van der Waals surface area contributed by atoms with Gasteiger partial charge in [-0.3, -0.25) is 0 Å². The van der Waals surface area contributed by atoms with E-state index >= 15 is 0 Å². The summed E-state index contributed by atoms with van der Waals surface area (Å²) in [5, 5.41) is 11.1. The van der Waals surface area contributed by atoms with Crippen molar-refractivity contribution in [2.24, 2.45) is 0 Å². The minimum absolute atomic E-state index is 0.262. The Labute approximate surface area is 221 Å². The third kappa shape index (κ3) is 8.58. The SMILES string of the molecule is C[Si](C)(C)O[C@H]1[C@H](OCc2ccccc2)[C@@H](OCc2ccccc2)[C@@H](O)O[C@@H]1COCc1ccccc1. The van der Waals surface area contributed by atoms with Crippen LogP contribution in [0.3, 0.4) is 0 Å². The van der Waals surface area contributed by atoms with Gasteiger partial charge in [0, 0.05) is 0 Å². The molecule has 0 aromatic heterocycles. The number of benzene rings is 3. The van der Waals surface area contributed by atoms with Gasteiger partial charge in [0.25, 0.3) is 0 Å². The summed E-state index contributed by atoms with van der Waals surface area (Å²) in [5.41, 5.74) is 3.11. The molecule has 37 heavy (non-hydrogen) atoms. The largest absolute Gasteiger partial charge is 0.409 e. The molecule has 0 radical (unpaired) electrons. The molecule has 0 aliphatic carbocycles. The maximum absolute atomic E-state index is 11.1. The molecule has 1 heterocycles. The number of aliphatic hydroxyl groups excluding tert-OH is 1. The molecule has 5 atom stereocenters. The van der Waals surface area contributed by atoms with Crippen molar-refractivity contribution < 1.29 is 28.5 Å². The van der Waals surface area contributed by atoms with E-state index in [-0.39, 0.29) is 6.61 Å². The fraction of sp³-hybridized carbons (Fsp3) is 0.400. The van der Waals surface area contributed by atoms with E-state index < -0.39 is 39.0 Å². The lowest BCUT2D eigenvalue weighted by molar-refractivity contribution is -0.306. The maximum Gasteiger partial charge on any atom is 0.184 e. The Kier molecular flexibility index (Phi) is 10.0. The van der Waals surface area contributed by atoms with E-state index in [0.717, 1.165) is 16.7 Å². The van der Waals surface area contributed by atoms with Crippen LogP contribution in [0.5, 0.6) is 0 Å². The molecule has 0 unspecified atom stereocenters. The van der Waals surface area contributed by atoms with E-state index in [9.17, 15) is 5.11 Å². The predicted molar refractivity (Wildman–Crippen MR) is 145 cm³/mol. The van der Waals surface area contributed by atoms with Crippen molar-refractivity contribution in [2.75, 3.05) is 6.61 Å². The highest BCUT2D eigenvalue weighted by molar-refractivity contribution is 6.69. The van der Waals surface area contributed by atoms with E-state index in [4.69, 9.17) is 23.4 Å². The van der Waals surface area contributed by atoms with E-state index in [1.54, 1.807) is 0 Å². The molecule has 0 bridgehead atoms. The molecule has 1 N–H and O–H groups in total. The van der Waals surface area contributed by atoms with Crippen molar-refractivity contribution in [1.29, 1.82) is 0 Å². The quantitative estimate of drug-likeness (QED) is 0.325. The molecule has 7 heteroatoms. The lowest BCUT2D eigenvalue weighted by Gasteiger charge is -2.46. The van der Waals surface area contributed by atoms with Crippen LogP contribution >= 0.6 is 0 Å². The van der Waals surface area contributed by atoms with Crippen LogP contribution in [0.15, 0.2) is 91.0 Å². The van der Waals surface area contributed by atoms with Crippen LogP contribution in [0, 0.1) is 0 Å². The van der Waals surface area contributed by atoms with E-state index in [1.807, 2.05) is 91.0 Å². The Morgan fingerprint density at radius 1 is 0.649 bits per heavy atom. The molecule has 3 aromatic rings. The van der Waals surface area contributed by atoms with Crippen LogP contribution in [-0.4, -0.2) is 50.7 Å². The van der Waals surface area contributed by atoms with Gasteiger partial charge in [0.2, 0.25) is 0 Å². The van der Waals surface area contributed by atoms with E-state index in [1.165, 1.54) is 0 Å². The number of rotatable bonds is 12. The Hall–Kier alpha value is -2.36. The van der Waals surface area contributed by atoms with Crippen molar-refractivity contribution in [2.45, 2.75) is 70.2 Å². The highest BCUT2D eigenvalue weighted by atomic mass is 28.4. The Morgan fingerprint density at radius 3 is 1.59 bits per heavy atom. The first-order valence-corrected chi connectivity index (χ1v) is 16.2. The van der Waals surface area contributed by atoms with Crippen LogP contribution < -0.4 is 0 Å². The van der Waals surface area contributed by atoms with Gasteiger partial charge in [-0.1, -0.05) is 91.0 Å². The van der Waals surface area contributed by atoms with Crippen LogP contribution in [0.4, 0.5) is 0 Å². The van der Waals surface area contributed by atoms with Crippen molar-refractivity contribution in [3.05, 3.63) is 108 Å².